The van der Waals surface area contributed by atoms with Crippen LogP contribution in [0.5, 0.6) is 5.75 Å². The topological polar surface area (TPSA) is 113 Å². The van der Waals surface area contributed by atoms with Crippen molar-refractivity contribution < 1.29 is 17.9 Å². The number of nitrogens with zero attached hydrogens (tertiary/aromatic N) is 2. The minimum Gasteiger partial charge on any atom is -0.493 e. The molecule has 0 fully saturated rings. The number of anilines is 1. The molecule has 3 aromatic carbocycles. The molecule has 3 aromatic rings. The third kappa shape index (κ3) is 3.22. The summed E-state index contributed by atoms with van der Waals surface area (Å²) in [5.41, 5.74) is 5.66. The first-order valence-electron chi connectivity index (χ1n) is 9.66. The van der Waals surface area contributed by atoms with Crippen LogP contribution in [0.2, 0.25) is 5.02 Å². The van der Waals surface area contributed by atoms with Crippen LogP contribution in [0, 0.1) is 11.3 Å². The molecule has 2 N–H and O–H groups in total. The quantitative estimate of drug-likeness (QED) is 0.613. The third-order valence-electron chi connectivity index (χ3n) is 5.25. The molecule has 0 aliphatic carbocycles. The largest absolute Gasteiger partial charge is 0.493 e. The van der Waals surface area contributed by atoms with E-state index >= 15 is 0 Å². The second-order valence-corrected chi connectivity index (χ2v) is 9.33. The van der Waals surface area contributed by atoms with Crippen molar-refractivity contribution in [1.82, 2.24) is 0 Å². The number of nitrogens with two attached hydrogens (primary N) is 1. The Labute approximate surface area is 190 Å². The Morgan fingerprint density at radius 3 is 2.44 bits per heavy atom. The average molecular weight is 468 g/mol. The van der Waals surface area contributed by atoms with E-state index in [-0.39, 0.29) is 21.7 Å². The van der Waals surface area contributed by atoms with E-state index < -0.39 is 21.5 Å². The molecular formula is C23H18ClN3O4S. The van der Waals surface area contributed by atoms with E-state index in [1.807, 2.05) is 6.07 Å². The molecule has 1 amide bonds. The summed E-state index contributed by atoms with van der Waals surface area (Å²) in [4.78, 5) is 13.7. The van der Waals surface area contributed by atoms with Gasteiger partial charge in [0.05, 0.1) is 28.8 Å². The molecule has 0 saturated carbocycles. The Morgan fingerprint density at radius 1 is 1.09 bits per heavy atom. The normalized spacial score (nSPS) is 17.7. The van der Waals surface area contributed by atoms with Gasteiger partial charge in [-0.2, -0.15) is 5.26 Å². The summed E-state index contributed by atoms with van der Waals surface area (Å²) in [5, 5.41) is 9.76. The maximum atomic E-state index is 13.8. The van der Waals surface area contributed by atoms with Crippen molar-refractivity contribution in [3.8, 4) is 11.8 Å². The highest BCUT2D eigenvalue weighted by atomic mass is 35.5. The number of nitriles is 1. The second-order valence-electron chi connectivity index (χ2n) is 7.11. The minimum atomic E-state index is -4.32. The van der Waals surface area contributed by atoms with Crippen LogP contribution in [-0.2, 0) is 20.4 Å². The van der Waals surface area contributed by atoms with E-state index in [1.54, 1.807) is 31.2 Å². The smallest absolute Gasteiger partial charge is 0.270 e. The molecule has 32 heavy (non-hydrogen) atoms. The van der Waals surface area contributed by atoms with Crippen LogP contribution in [0.3, 0.4) is 0 Å². The van der Waals surface area contributed by atoms with E-state index in [4.69, 9.17) is 22.1 Å². The van der Waals surface area contributed by atoms with Crippen LogP contribution in [-0.4, -0.2) is 20.9 Å². The predicted octanol–water partition coefficient (Wildman–Crippen LogP) is 3.55. The van der Waals surface area contributed by atoms with Crippen LogP contribution in [0.15, 0.2) is 71.6 Å². The van der Waals surface area contributed by atoms with E-state index in [1.165, 1.54) is 42.5 Å². The van der Waals surface area contributed by atoms with Gasteiger partial charge in [0, 0.05) is 16.1 Å². The molecular weight excluding hydrogens is 450 g/mol. The van der Waals surface area contributed by atoms with Crippen molar-refractivity contribution in [1.29, 1.82) is 5.26 Å². The molecule has 0 aromatic heterocycles. The molecule has 7 nitrogen and oxygen atoms in total. The number of hydrogen-bond acceptors (Lipinski definition) is 6. The van der Waals surface area contributed by atoms with Crippen LogP contribution in [0.25, 0.3) is 0 Å². The van der Waals surface area contributed by atoms with E-state index in [9.17, 15) is 18.5 Å². The van der Waals surface area contributed by atoms with Crippen molar-refractivity contribution in [3.63, 3.8) is 0 Å². The molecule has 1 aliphatic rings. The van der Waals surface area contributed by atoms with Gasteiger partial charge in [0.25, 0.3) is 15.9 Å². The predicted molar refractivity (Wildman–Crippen MR) is 120 cm³/mol. The molecule has 4 rings (SSSR count). The zero-order valence-electron chi connectivity index (χ0n) is 16.9. The van der Waals surface area contributed by atoms with Crippen LogP contribution < -0.4 is 14.8 Å². The highest BCUT2D eigenvalue weighted by Gasteiger charge is 2.55. The van der Waals surface area contributed by atoms with Crippen molar-refractivity contribution in [3.05, 3.63) is 88.4 Å². The molecule has 1 heterocycles. The van der Waals surface area contributed by atoms with E-state index in [0.717, 1.165) is 0 Å². The Kier molecular flexibility index (Phi) is 5.42. The first-order valence-corrected chi connectivity index (χ1v) is 11.5. The summed E-state index contributed by atoms with van der Waals surface area (Å²) in [7, 11) is -4.32. The van der Waals surface area contributed by atoms with Gasteiger partial charge in [-0.1, -0.05) is 29.8 Å². The molecule has 0 spiro atoms. The fourth-order valence-electron chi connectivity index (χ4n) is 3.77. The summed E-state index contributed by atoms with van der Waals surface area (Å²) in [6, 6.07) is 18.5. The molecule has 1 atom stereocenters. The Morgan fingerprint density at radius 2 is 1.78 bits per heavy atom. The second kappa shape index (κ2) is 7.95. The summed E-state index contributed by atoms with van der Waals surface area (Å²) in [5.74, 6) is -0.519. The highest BCUT2D eigenvalue weighted by molar-refractivity contribution is 7.93. The lowest BCUT2D eigenvalue weighted by Gasteiger charge is -2.26. The average Bonchev–Trinajstić information content (AvgIpc) is 3.02. The summed E-state index contributed by atoms with van der Waals surface area (Å²) < 4.78 is 33.4. The third-order valence-corrected chi connectivity index (χ3v) is 7.22. The summed E-state index contributed by atoms with van der Waals surface area (Å²) in [6.45, 7) is 2.11. The van der Waals surface area contributed by atoms with Gasteiger partial charge in [-0.25, -0.2) is 12.7 Å². The van der Waals surface area contributed by atoms with Crippen molar-refractivity contribution in [2.75, 3.05) is 10.9 Å². The first-order chi connectivity index (χ1) is 15.2. The molecule has 0 radical (unpaired) electrons. The van der Waals surface area contributed by atoms with E-state index in [2.05, 4.69) is 0 Å². The number of ether oxygens (including phenoxy) is 1. The number of rotatable bonds is 5. The van der Waals surface area contributed by atoms with Crippen molar-refractivity contribution >= 4 is 33.2 Å². The minimum absolute atomic E-state index is 0.0813. The highest BCUT2D eigenvalue weighted by Crippen LogP contribution is 2.47. The van der Waals surface area contributed by atoms with Crippen molar-refractivity contribution in [2.24, 2.45) is 5.73 Å². The number of halogens is 1. The Balaban J connectivity index is 1.99. The van der Waals surface area contributed by atoms with Gasteiger partial charge in [0.1, 0.15) is 5.75 Å². The fraction of sp³-hybridized carbons (Fsp3) is 0.130. The molecule has 0 saturated heterocycles. The van der Waals surface area contributed by atoms with Gasteiger partial charge in [-0.15, -0.1) is 0 Å². The van der Waals surface area contributed by atoms with Gasteiger partial charge < -0.3 is 10.5 Å². The Hall–Kier alpha value is -3.38. The van der Waals surface area contributed by atoms with E-state index in [0.29, 0.717) is 27.2 Å². The number of amides is 1. The maximum absolute atomic E-state index is 13.8. The van der Waals surface area contributed by atoms with Crippen LogP contribution in [0.1, 0.15) is 23.6 Å². The number of para-hydroxylation sites is 1. The van der Waals surface area contributed by atoms with Crippen molar-refractivity contribution in [2.45, 2.75) is 17.4 Å². The van der Waals surface area contributed by atoms with Gasteiger partial charge in [0.2, 0.25) is 0 Å². The monoisotopic (exact) mass is 467 g/mol. The number of benzene rings is 3. The number of carbonyl (C=O) groups excluding carboxylic acids is 1. The molecule has 9 heteroatoms. The molecule has 0 bridgehead atoms. The first kappa shape index (κ1) is 21.8. The lowest BCUT2D eigenvalue weighted by atomic mass is 9.83. The standard InChI is InChI=1S/C23H18ClN3O4S/c1-2-31-21-6-4-3-5-18(21)23(26)19-13-15(14-25)7-12-20(19)27(22(23)28)32(29,30)17-10-8-16(24)9-11-17/h3-13H,2,26H2,1H3. The molecule has 162 valence electrons. The fourth-order valence-corrected chi connectivity index (χ4v) is 5.37. The summed E-state index contributed by atoms with van der Waals surface area (Å²) in [6.07, 6.45) is 0. The lowest BCUT2D eigenvalue weighted by Crippen LogP contribution is -2.49. The molecule has 1 aliphatic heterocycles. The zero-order valence-corrected chi connectivity index (χ0v) is 18.5. The Bertz CT molecular complexity index is 1370. The number of carbonyl (C=O) groups is 1. The van der Waals surface area contributed by atoms with Gasteiger partial charge in [-0.3, -0.25) is 4.79 Å². The lowest BCUT2D eigenvalue weighted by molar-refractivity contribution is -0.120. The van der Waals surface area contributed by atoms with Gasteiger partial charge >= 0.3 is 0 Å². The maximum Gasteiger partial charge on any atom is 0.270 e. The zero-order chi connectivity index (χ0) is 23.1. The van der Waals surface area contributed by atoms with Crippen LogP contribution >= 0.6 is 11.6 Å². The summed E-state index contributed by atoms with van der Waals surface area (Å²) >= 11 is 5.90. The number of sulfonamides is 1. The SMILES string of the molecule is CCOc1ccccc1C1(N)C(=O)N(S(=O)(=O)c2ccc(Cl)cc2)c2ccc(C#N)cc21. The van der Waals surface area contributed by atoms with Crippen LogP contribution in [0.4, 0.5) is 5.69 Å². The number of hydrogen-bond donors (Lipinski definition) is 1. The van der Waals surface area contributed by atoms with Gasteiger partial charge in [0.15, 0.2) is 5.54 Å². The molecule has 1 unspecified atom stereocenters. The number of fused-ring (bicyclic) bond motifs is 1. The van der Waals surface area contributed by atoms with Gasteiger partial charge in [-0.05, 0) is 55.5 Å².